The van der Waals surface area contributed by atoms with E-state index in [1.54, 1.807) is 0 Å². The highest BCUT2D eigenvalue weighted by molar-refractivity contribution is 5.80. The van der Waals surface area contributed by atoms with Crippen molar-refractivity contribution in [3.8, 4) is 0 Å². The average Bonchev–Trinajstić information content (AvgIpc) is 2.82. The molecule has 0 radical (unpaired) electrons. The molecule has 0 bridgehead atoms. The fourth-order valence-electron chi connectivity index (χ4n) is 7.10. The summed E-state index contributed by atoms with van der Waals surface area (Å²) < 4.78 is 0. The van der Waals surface area contributed by atoms with Gasteiger partial charge in [-0.05, 0) is 67.6 Å². The maximum atomic E-state index is 11.9. The maximum absolute atomic E-state index is 11.9. The number of carbonyl (C=O) groups excluding carboxylic acids is 1. The summed E-state index contributed by atoms with van der Waals surface area (Å²) in [5.74, 6) is 3.11. The Morgan fingerprint density at radius 2 is 1.81 bits per heavy atom. The lowest BCUT2D eigenvalue weighted by Gasteiger charge is -2.61. The molecule has 118 valence electrons. The Bertz CT molecular complexity index is 458. The molecule has 1 N–H and O–H groups in total. The molecule has 2 heteroatoms. The molecule has 4 fully saturated rings. The smallest absolute Gasteiger partial charge is 0.135 e. The zero-order valence-corrected chi connectivity index (χ0v) is 13.6. The second-order valence-corrected chi connectivity index (χ2v) is 9.06. The van der Waals surface area contributed by atoms with Crippen molar-refractivity contribution in [2.75, 3.05) is 0 Å². The monoisotopic (exact) mass is 290 g/mol. The molecule has 4 rings (SSSR count). The third-order valence-electron chi connectivity index (χ3n) is 8.36. The van der Waals surface area contributed by atoms with E-state index in [1.165, 1.54) is 44.9 Å². The van der Waals surface area contributed by atoms with E-state index in [-0.39, 0.29) is 11.5 Å². The summed E-state index contributed by atoms with van der Waals surface area (Å²) in [4.78, 5) is 11.9. The summed E-state index contributed by atoms with van der Waals surface area (Å²) >= 11 is 0. The van der Waals surface area contributed by atoms with E-state index in [1.807, 2.05) is 0 Å². The van der Waals surface area contributed by atoms with Crippen molar-refractivity contribution in [3.05, 3.63) is 0 Å². The molecule has 0 heterocycles. The van der Waals surface area contributed by atoms with Gasteiger partial charge in [0.25, 0.3) is 0 Å². The number of hydrogen-bond acceptors (Lipinski definition) is 2. The van der Waals surface area contributed by atoms with Crippen LogP contribution in [0.3, 0.4) is 0 Å². The van der Waals surface area contributed by atoms with Crippen LogP contribution in [0.5, 0.6) is 0 Å². The van der Waals surface area contributed by atoms with Gasteiger partial charge in [0, 0.05) is 18.3 Å². The largest absolute Gasteiger partial charge is 0.392 e. The van der Waals surface area contributed by atoms with Gasteiger partial charge in [-0.1, -0.05) is 20.3 Å². The number of rotatable bonds is 0. The lowest BCUT2D eigenvalue weighted by molar-refractivity contribution is -0.168. The van der Waals surface area contributed by atoms with E-state index in [2.05, 4.69) is 13.8 Å². The van der Waals surface area contributed by atoms with Crippen LogP contribution in [0.2, 0.25) is 0 Å². The second kappa shape index (κ2) is 4.57. The Morgan fingerprint density at radius 1 is 1.00 bits per heavy atom. The highest BCUT2D eigenvalue weighted by atomic mass is 16.3. The molecular weight excluding hydrogens is 260 g/mol. The summed E-state index contributed by atoms with van der Waals surface area (Å²) in [7, 11) is 0. The highest BCUT2D eigenvalue weighted by Gasteiger charge is 2.60. The van der Waals surface area contributed by atoms with Gasteiger partial charge in [-0.15, -0.1) is 0 Å². The van der Waals surface area contributed by atoms with Crippen molar-refractivity contribution in [1.82, 2.24) is 0 Å². The van der Waals surface area contributed by atoms with E-state index in [0.717, 1.165) is 18.3 Å². The zero-order chi connectivity index (χ0) is 14.8. The van der Waals surface area contributed by atoms with Gasteiger partial charge in [-0.2, -0.15) is 0 Å². The normalized spacial score (nSPS) is 56.5. The average molecular weight is 290 g/mol. The predicted molar refractivity (Wildman–Crippen MR) is 82.7 cm³/mol. The van der Waals surface area contributed by atoms with Gasteiger partial charge in [-0.3, -0.25) is 4.79 Å². The summed E-state index contributed by atoms with van der Waals surface area (Å²) in [5, 5.41) is 10.8. The van der Waals surface area contributed by atoms with Gasteiger partial charge in [-0.25, -0.2) is 0 Å². The molecule has 7 atom stereocenters. The van der Waals surface area contributed by atoms with Crippen molar-refractivity contribution in [3.63, 3.8) is 0 Å². The van der Waals surface area contributed by atoms with Crippen LogP contribution >= 0.6 is 0 Å². The third-order valence-corrected chi connectivity index (χ3v) is 8.36. The molecule has 0 amide bonds. The number of aliphatic hydroxyl groups excluding tert-OH is 1. The van der Waals surface area contributed by atoms with E-state index < -0.39 is 0 Å². The zero-order valence-electron chi connectivity index (χ0n) is 13.6. The van der Waals surface area contributed by atoms with E-state index in [9.17, 15) is 9.90 Å². The Morgan fingerprint density at radius 3 is 2.62 bits per heavy atom. The van der Waals surface area contributed by atoms with Crippen LogP contribution < -0.4 is 0 Å². The van der Waals surface area contributed by atoms with Crippen LogP contribution in [-0.2, 0) is 4.79 Å². The SMILES string of the molecule is CC12CCCC1C1CCC3CC(=O)CC(O)C3(C)C1CC2. The summed E-state index contributed by atoms with van der Waals surface area (Å²) in [6, 6.07) is 0. The van der Waals surface area contributed by atoms with E-state index in [4.69, 9.17) is 0 Å². The van der Waals surface area contributed by atoms with Gasteiger partial charge in [0.15, 0.2) is 0 Å². The summed E-state index contributed by atoms with van der Waals surface area (Å²) in [6.45, 7) is 4.85. The molecule has 0 aromatic heterocycles. The Kier molecular flexibility index (Phi) is 3.10. The van der Waals surface area contributed by atoms with Crippen LogP contribution in [0, 0.1) is 34.5 Å². The molecular formula is C19H30O2. The molecule has 21 heavy (non-hydrogen) atoms. The number of aliphatic hydroxyl groups is 1. The van der Waals surface area contributed by atoms with Gasteiger partial charge in [0.2, 0.25) is 0 Å². The third kappa shape index (κ3) is 1.84. The molecule has 0 aromatic rings. The quantitative estimate of drug-likeness (QED) is 0.733. The van der Waals surface area contributed by atoms with Crippen molar-refractivity contribution < 1.29 is 9.90 Å². The highest BCUT2D eigenvalue weighted by Crippen LogP contribution is 2.65. The first-order chi connectivity index (χ1) is 9.95. The van der Waals surface area contributed by atoms with Crippen LogP contribution in [-0.4, -0.2) is 17.0 Å². The van der Waals surface area contributed by atoms with Crippen molar-refractivity contribution >= 4 is 5.78 Å². The number of carbonyl (C=O) groups is 1. The van der Waals surface area contributed by atoms with E-state index >= 15 is 0 Å². The molecule has 4 aliphatic carbocycles. The number of fused-ring (bicyclic) bond motifs is 5. The van der Waals surface area contributed by atoms with Crippen LogP contribution in [0.4, 0.5) is 0 Å². The molecule has 2 nitrogen and oxygen atoms in total. The predicted octanol–water partition coefficient (Wildman–Crippen LogP) is 3.96. The van der Waals surface area contributed by atoms with Gasteiger partial charge >= 0.3 is 0 Å². The molecule has 4 saturated carbocycles. The fourth-order valence-corrected chi connectivity index (χ4v) is 7.10. The lowest BCUT2D eigenvalue weighted by atomic mass is 9.44. The number of hydrogen-bond donors (Lipinski definition) is 1. The molecule has 0 aromatic carbocycles. The minimum atomic E-state index is -0.387. The Hall–Kier alpha value is -0.370. The molecule has 0 saturated heterocycles. The first kappa shape index (κ1) is 14.2. The maximum Gasteiger partial charge on any atom is 0.135 e. The minimum Gasteiger partial charge on any atom is -0.392 e. The first-order valence-electron chi connectivity index (χ1n) is 9.15. The number of Topliss-reactive ketones (excluding diaryl/α,β-unsaturated/α-hetero) is 1. The lowest BCUT2D eigenvalue weighted by Crippen LogP contribution is -2.58. The number of ketones is 1. The van der Waals surface area contributed by atoms with Crippen molar-refractivity contribution in [1.29, 1.82) is 0 Å². The van der Waals surface area contributed by atoms with Gasteiger partial charge < -0.3 is 5.11 Å². The van der Waals surface area contributed by atoms with Gasteiger partial charge in [0.05, 0.1) is 6.10 Å². The van der Waals surface area contributed by atoms with E-state index in [0.29, 0.717) is 29.5 Å². The fraction of sp³-hybridized carbons (Fsp3) is 0.947. The van der Waals surface area contributed by atoms with Crippen molar-refractivity contribution in [2.45, 2.75) is 77.7 Å². The summed E-state index contributed by atoms with van der Waals surface area (Å²) in [6.07, 6.45) is 10.1. The van der Waals surface area contributed by atoms with Gasteiger partial charge in [0.1, 0.15) is 5.78 Å². The molecule has 4 aliphatic rings. The second-order valence-electron chi connectivity index (χ2n) is 9.06. The first-order valence-corrected chi connectivity index (χ1v) is 9.15. The van der Waals surface area contributed by atoms with Crippen molar-refractivity contribution in [2.24, 2.45) is 34.5 Å². The molecule has 0 aliphatic heterocycles. The van der Waals surface area contributed by atoms with Crippen LogP contribution in [0.1, 0.15) is 71.6 Å². The molecule has 7 unspecified atom stereocenters. The Labute approximate surface area is 128 Å². The Balaban J connectivity index is 1.67. The van der Waals surface area contributed by atoms with Crippen LogP contribution in [0.15, 0.2) is 0 Å². The standard InChI is InChI=1S/C19H30O2/c1-18-8-3-4-15(18)14-6-5-12-10-13(20)11-17(21)19(12,2)16(14)7-9-18/h12,14-17,21H,3-11H2,1-2H3. The van der Waals surface area contributed by atoms with Crippen LogP contribution in [0.25, 0.3) is 0 Å². The summed E-state index contributed by atoms with van der Waals surface area (Å²) in [5.41, 5.74) is 0.598. The minimum absolute atomic E-state index is 0.0146. The topological polar surface area (TPSA) is 37.3 Å². The molecule has 0 spiro atoms.